The smallest absolute Gasteiger partial charge is 0.330 e. The van der Waals surface area contributed by atoms with Crippen molar-refractivity contribution in [1.82, 2.24) is 14.5 Å². The average molecular weight is 470 g/mol. The lowest BCUT2D eigenvalue weighted by molar-refractivity contribution is -0.128. The molecule has 1 unspecified atom stereocenters. The first-order chi connectivity index (χ1) is 16.1. The summed E-state index contributed by atoms with van der Waals surface area (Å²) in [6, 6.07) is 7.93. The van der Waals surface area contributed by atoms with E-state index in [1.165, 1.54) is 9.47 Å². The highest BCUT2D eigenvalue weighted by Gasteiger charge is 2.38. The molecule has 184 valence electrons. The molecule has 0 radical (unpaired) electrons. The number of hydrogen-bond donors (Lipinski definition) is 2. The Kier molecular flexibility index (Phi) is 7.96. The van der Waals surface area contributed by atoms with Crippen LogP contribution in [0.15, 0.2) is 33.9 Å². The van der Waals surface area contributed by atoms with Crippen LogP contribution in [0, 0.1) is 18.8 Å². The van der Waals surface area contributed by atoms with Gasteiger partial charge >= 0.3 is 5.69 Å². The van der Waals surface area contributed by atoms with Gasteiger partial charge in [-0.2, -0.15) is 0 Å². The van der Waals surface area contributed by atoms with Gasteiger partial charge in [-0.05, 0) is 24.8 Å². The summed E-state index contributed by atoms with van der Waals surface area (Å²) in [5.74, 6) is -0.993. The Bertz CT molecular complexity index is 1150. The normalized spacial score (nSPS) is 15.9. The number of nitrogens with zero attached hydrogens (tertiary/aromatic N) is 3. The molecule has 1 aliphatic heterocycles. The monoisotopic (exact) mass is 469 g/mol. The number of aryl methyl sites for hydroxylation is 1. The van der Waals surface area contributed by atoms with E-state index < -0.39 is 17.2 Å². The van der Waals surface area contributed by atoms with E-state index in [1.807, 2.05) is 52.0 Å². The molecule has 3 rings (SSSR count). The van der Waals surface area contributed by atoms with Gasteiger partial charge < -0.3 is 15.5 Å². The molecule has 1 aliphatic rings. The maximum absolute atomic E-state index is 13.6. The molecule has 3 N–H and O–H groups in total. The van der Waals surface area contributed by atoms with E-state index in [4.69, 9.17) is 5.73 Å². The van der Waals surface area contributed by atoms with Gasteiger partial charge in [0.15, 0.2) is 5.69 Å². The zero-order chi connectivity index (χ0) is 25.0. The van der Waals surface area contributed by atoms with Gasteiger partial charge in [-0.1, -0.05) is 57.0 Å². The van der Waals surface area contributed by atoms with Crippen molar-refractivity contribution in [3.8, 4) is 0 Å². The van der Waals surface area contributed by atoms with Crippen LogP contribution in [-0.2, 0) is 22.7 Å². The molecule has 1 aromatic heterocycles. The summed E-state index contributed by atoms with van der Waals surface area (Å²) >= 11 is 0. The maximum Gasteiger partial charge on any atom is 0.330 e. The van der Waals surface area contributed by atoms with E-state index in [0.717, 1.165) is 17.5 Å². The Morgan fingerprint density at radius 3 is 2.50 bits per heavy atom. The summed E-state index contributed by atoms with van der Waals surface area (Å²) in [6.07, 6.45) is 1.63. The van der Waals surface area contributed by atoms with Crippen LogP contribution in [0.2, 0.25) is 0 Å². The zero-order valence-electron chi connectivity index (χ0n) is 20.5. The van der Waals surface area contributed by atoms with Crippen molar-refractivity contribution >= 4 is 23.3 Å². The molecule has 9 nitrogen and oxygen atoms in total. The lowest BCUT2D eigenvalue weighted by Crippen LogP contribution is -2.45. The van der Waals surface area contributed by atoms with Gasteiger partial charge in [0.05, 0.1) is 5.92 Å². The summed E-state index contributed by atoms with van der Waals surface area (Å²) in [5, 5.41) is 0. The second kappa shape index (κ2) is 10.7. The van der Waals surface area contributed by atoms with Gasteiger partial charge in [0.25, 0.3) is 5.56 Å². The first-order valence-electron chi connectivity index (χ1n) is 11.9. The number of benzene rings is 1. The van der Waals surface area contributed by atoms with Gasteiger partial charge in [-0.3, -0.25) is 23.9 Å². The Labute approximate surface area is 199 Å². The van der Waals surface area contributed by atoms with Gasteiger partial charge in [0, 0.05) is 32.6 Å². The van der Waals surface area contributed by atoms with Crippen LogP contribution in [0.4, 0.5) is 11.5 Å². The van der Waals surface area contributed by atoms with Crippen LogP contribution in [0.25, 0.3) is 0 Å². The molecule has 2 amide bonds. The van der Waals surface area contributed by atoms with Crippen LogP contribution >= 0.6 is 0 Å². The van der Waals surface area contributed by atoms with Gasteiger partial charge in [0.1, 0.15) is 5.82 Å². The number of rotatable bonds is 9. The van der Waals surface area contributed by atoms with Crippen molar-refractivity contribution in [3.05, 3.63) is 56.2 Å². The molecule has 0 aliphatic carbocycles. The lowest BCUT2D eigenvalue weighted by Gasteiger charge is -2.28. The molecule has 1 atom stereocenters. The van der Waals surface area contributed by atoms with Crippen LogP contribution < -0.4 is 21.9 Å². The number of amides is 2. The molecule has 2 aromatic rings. The Morgan fingerprint density at radius 1 is 1.21 bits per heavy atom. The molecule has 1 aromatic carbocycles. The summed E-state index contributed by atoms with van der Waals surface area (Å²) in [7, 11) is 0. The van der Waals surface area contributed by atoms with Crippen molar-refractivity contribution in [1.29, 1.82) is 0 Å². The van der Waals surface area contributed by atoms with E-state index in [1.54, 1.807) is 4.90 Å². The van der Waals surface area contributed by atoms with E-state index in [-0.39, 0.29) is 48.7 Å². The van der Waals surface area contributed by atoms with Crippen molar-refractivity contribution in [3.63, 3.8) is 0 Å². The number of carbonyl (C=O) groups is 2. The lowest BCUT2D eigenvalue weighted by atomic mass is 10.1. The van der Waals surface area contributed by atoms with Gasteiger partial charge in [0.2, 0.25) is 11.8 Å². The number of carbonyl (C=O) groups excluding carboxylic acids is 2. The third-order valence-corrected chi connectivity index (χ3v) is 6.09. The van der Waals surface area contributed by atoms with Crippen molar-refractivity contribution in [2.45, 2.75) is 60.0 Å². The third-order valence-electron chi connectivity index (χ3n) is 6.09. The molecule has 34 heavy (non-hydrogen) atoms. The van der Waals surface area contributed by atoms with Crippen LogP contribution in [0.5, 0.6) is 0 Å². The predicted octanol–water partition coefficient (Wildman–Crippen LogP) is 2.27. The fourth-order valence-electron chi connectivity index (χ4n) is 4.26. The number of nitrogens with two attached hydrogens (primary N) is 1. The molecule has 2 heterocycles. The Balaban J connectivity index is 1.89. The Morgan fingerprint density at radius 2 is 1.88 bits per heavy atom. The molecule has 1 fully saturated rings. The van der Waals surface area contributed by atoms with Crippen LogP contribution in [0.1, 0.15) is 51.2 Å². The van der Waals surface area contributed by atoms with Gasteiger partial charge in [-0.15, -0.1) is 0 Å². The number of hydrogen-bond acceptors (Lipinski definition) is 5. The van der Waals surface area contributed by atoms with E-state index in [9.17, 15) is 19.2 Å². The minimum atomic E-state index is -0.690. The second-order valence-corrected chi connectivity index (χ2v) is 9.50. The van der Waals surface area contributed by atoms with Crippen molar-refractivity contribution in [2.24, 2.45) is 11.8 Å². The molecule has 0 saturated carbocycles. The van der Waals surface area contributed by atoms with E-state index >= 15 is 0 Å². The summed E-state index contributed by atoms with van der Waals surface area (Å²) in [6.45, 7) is 9.15. The van der Waals surface area contributed by atoms with E-state index in [0.29, 0.717) is 19.5 Å². The highest BCUT2D eigenvalue weighted by atomic mass is 16.2. The number of aromatic amines is 1. The van der Waals surface area contributed by atoms with Crippen LogP contribution in [-0.4, -0.2) is 39.4 Å². The average Bonchev–Trinajstić information content (AvgIpc) is 3.13. The number of H-pyrrole nitrogens is 1. The van der Waals surface area contributed by atoms with Crippen molar-refractivity contribution < 1.29 is 9.59 Å². The molecule has 0 bridgehead atoms. The molecule has 9 heteroatoms. The SMILES string of the molecule is CCCCn1c(N)c(N(CC(C)C)C(=O)C2CC(=O)N(Cc3ccc(C)cc3)C2)c(=O)[nH]c1=O. The Hall–Kier alpha value is -3.36. The highest BCUT2D eigenvalue weighted by Crippen LogP contribution is 2.27. The number of anilines is 2. The first kappa shape index (κ1) is 25.3. The van der Waals surface area contributed by atoms with Crippen molar-refractivity contribution in [2.75, 3.05) is 23.7 Å². The minimum Gasteiger partial charge on any atom is -0.383 e. The molecule has 0 spiro atoms. The summed E-state index contributed by atoms with van der Waals surface area (Å²) in [5.41, 5.74) is 7.12. The number of nitrogens with one attached hydrogen (secondary N) is 1. The topological polar surface area (TPSA) is 121 Å². The fraction of sp³-hybridized carbons (Fsp3) is 0.520. The number of nitrogen functional groups attached to an aromatic ring is 1. The first-order valence-corrected chi connectivity index (χ1v) is 11.9. The third kappa shape index (κ3) is 5.58. The standard InChI is InChI=1S/C25H35N5O4/c1-5-6-11-29-22(26)21(23(32)27-25(29)34)30(13-16(2)3)24(33)19-12-20(31)28(15-19)14-18-9-7-17(4)8-10-18/h7-10,16,19H,5-6,11-15,26H2,1-4H3,(H,27,32,34). The van der Waals surface area contributed by atoms with Gasteiger partial charge in [-0.25, -0.2) is 4.79 Å². The number of unbranched alkanes of at least 4 members (excludes halogenated alkanes) is 1. The van der Waals surface area contributed by atoms with Crippen LogP contribution in [0.3, 0.4) is 0 Å². The summed E-state index contributed by atoms with van der Waals surface area (Å²) < 4.78 is 1.31. The second-order valence-electron chi connectivity index (χ2n) is 9.50. The molecule has 1 saturated heterocycles. The van der Waals surface area contributed by atoms with E-state index in [2.05, 4.69) is 4.98 Å². The molecular weight excluding hydrogens is 434 g/mol. The quantitative estimate of drug-likeness (QED) is 0.583. The minimum absolute atomic E-state index is 0.0150. The highest BCUT2D eigenvalue weighted by molar-refractivity contribution is 6.00. The number of likely N-dealkylation sites (tertiary alicyclic amines) is 1. The fourth-order valence-corrected chi connectivity index (χ4v) is 4.26. The largest absolute Gasteiger partial charge is 0.383 e. The maximum atomic E-state index is 13.6. The number of aromatic nitrogens is 2. The zero-order valence-corrected chi connectivity index (χ0v) is 20.5. The summed E-state index contributed by atoms with van der Waals surface area (Å²) in [4.78, 5) is 56.9. The molecular formula is C25H35N5O4. The predicted molar refractivity (Wildman–Crippen MR) is 133 cm³/mol.